The highest BCUT2D eigenvalue weighted by molar-refractivity contribution is 5.71. The zero-order valence-corrected chi connectivity index (χ0v) is 18.9. The fraction of sp³-hybridized carbons (Fsp3) is 0.400. The van der Waals surface area contributed by atoms with E-state index in [9.17, 15) is 18.7 Å². The van der Waals surface area contributed by atoms with Crippen molar-refractivity contribution in [1.82, 2.24) is 19.7 Å². The van der Waals surface area contributed by atoms with Crippen molar-refractivity contribution in [3.63, 3.8) is 0 Å². The highest BCUT2D eigenvalue weighted by atomic mass is 19.1. The second-order valence-corrected chi connectivity index (χ2v) is 9.39. The van der Waals surface area contributed by atoms with Crippen LogP contribution in [0.1, 0.15) is 45.6 Å². The van der Waals surface area contributed by atoms with Gasteiger partial charge < -0.3 is 10.4 Å². The third-order valence-corrected chi connectivity index (χ3v) is 6.86. The molecule has 1 aromatic heterocycles. The van der Waals surface area contributed by atoms with Crippen LogP contribution in [-0.4, -0.2) is 49.9 Å². The number of benzene rings is 2. The van der Waals surface area contributed by atoms with E-state index < -0.39 is 17.6 Å². The summed E-state index contributed by atoms with van der Waals surface area (Å²) in [4.78, 5) is 17.8. The minimum Gasteiger partial charge on any atom is -0.481 e. The molecule has 1 aliphatic heterocycles. The molecule has 1 saturated carbocycles. The van der Waals surface area contributed by atoms with Crippen molar-refractivity contribution in [2.24, 2.45) is 5.92 Å². The van der Waals surface area contributed by atoms with Crippen LogP contribution in [0, 0.1) is 24.5 Å². The number of likely N-dealkylation sites (tertiary alicyclic amines) is 1. The molecular weight excluding hydrogens is 440 g/mol. The van der Waals surface area contributed by atoms with E-state index in [1.807, 2.05) is 13.0 Å². The number of carboxylic acid groups (broad SMARTS) is 1. The molecule has 0 radical (unpaired) electrons. The second kappa shape index (κ2) is 9.13. The number of anilines is 2. The van der Waals surface area contributed by atoms with Crippen LogP contribution in [0.4, 0.5) is 20.4 Å². The van der Waals surface area contributed by atoms with Gasteiger partial charge in [-0.25, -0.2) is 13.5 Å². The van der Waals surface area contributed by atoms with E-state index in [1.165, 1.54) is 28.7 Å². The maximum absolute atomic E-state index is 13.5. The predicted molar refractivity (Wildman–Crippen MR) is 128 cm³/mol. The first-order valence-corrected chi connectivity index (χ1v) is 11.6. The topological polar surface area (TPSA) is 83.3 Å². The van der Waals surface area contributed by atoms with Crippen LogP contribution in [0.2, 0.25) is 0 Å². The molecule has 2 heterocycles. The summed E-state index contributed by atoms with van der Waals surface area (Å²) in [6.45, 7) is 3.99. The number of nitrogens with one attached hydrogen (secondary N) is 1. The molecule has 1 atom stereocenters. The zero-order chi connectivity index (χ0) is 23.8. The van der Waals surface area contributed by atoms with Crippen LogP contribution in [0.15, 0.2) is 42.7 Å². The smallest absolute Gasteiger partial charge is 0.306 e. The van der Waals surface area contributed by atoms with E-state index in [4.69, 9.17) is 0 Å². The third-order valence-electron chi connectivity index (χ3n) is 6.86. The Kier molecular flexibility index (Phi) is 6.03. The molecule has 2 aromatic carbocycles. The predicted octanol–water partition coefficient (Wildman–Crippen LogP) is 5.13. The number of aryl methyl sites for hydroxylation is 1. The van der Waals surface area contributed by atoms with Crippen LogP contribution in [-0.2, 0) is 4.79 Å². The number of aromatic nitrogens is 3. The van der Waals surface area contributed by atoms with E-state index >= 15 is 0 Å². The molecule has 0 bridgehead atoms. The van der Waals surface area contributed by atoms with Gasteiger partial charge in [0.25, 0.3) is 0 Å². The number of carbonyl (C=O) groups is 1. The van der Waals surface area contributed by atoms with Crippen LogP contribution >= 0.6 is 0 Å². The molecule has 182 valence electrons. The highest BCUT2D eigenvalue weighted by Crippen LogP contribution is 2.37. The quantitative estimate of drug-likeness (QED) is 0.519. The van der Waals surface area contributed by atoms with E-state index in [2.05, 4.69) is 32.4 Å². The van der Waals surface area contributed by atoms with Crippen molar-refractivity contribution >= 4 is 17.6 Å². The van der Waals surface area contributed by atoms with Crippen LogP contribution in [0.3, 0.4) is 0 Å². The molecule has 1 unspecified atom stereocenters. The molecule has 9 heteroatoms. The van der Waals surface area contributed by atoms with Gasteiger partial charge in [-0.15, -0.1) is 5.10 Å². The molecule has 1 saturated heterocycles. The molecule has 3 aromatic rings. The van der Waals surface area contributed by atoms with Gasteiger partial charge in [-0.2, -0.15) is 4.98 Å². The van der Waals surface area contributed by atoms with Crippen molar-refractivity contribution in [3.05, 3.63) is 65.5 Å². The minimum absolute atomic E-state index is 0. The lowest BCUT2D eigenvalue weighted by Crippen LogP contribution is -2.50. The number of aliphatic carboxylic acids is 1. The zero-order valence-electron chi connectivity index (χ0n) is 18.9. The number of halogens is 2. The van der Waals surface area contributed by atoms with Gasteiger partial charge in [-0.05, 0) is 80.5 Å². The number of carboxylic acids is 1. The Morgan fingerprint density at radius 3 is 2.65 bits per heavy atom. The van der Waals surface area contributed by atoms with Crippen LogP contribution < -0.4 is 5.32 Å². The fourth-order valence-corrected chi connectivity index (χ4v) is 5.06. The molecular formula is C25H31F2N5O2. The molecule has 0 amide bonds. The first-order valence-electron chi connectivity index (χ1n) is 11.6. The van der Waals surface area contributed by atoms with Crippen molar-refractivity contribution in [1.29, 1.82) is 0 Å². The number of nitrogens with zero attached hydrogens (tertiary/aromatic N) is 4. The third kappa shape index (κ3) is 4.79. The molecule has 5 rings (SSSR count). The number of piperidine rings is 1. The van der Waals surface area contributed by atoms with Gasteiger partial charge in [0.1, 0.15) is 18.0 Å². The molecule has 2 fully saturated rings. The molecule has 0 spiro atoms. The van der Waals surface area contributed by atoms with Crippen molar-refractivity contribution in [2.75, 3.05) is 18.4 Å². The Morgan fingerprint density at radius 2 is 1.91 bits per heavy atom. The fourth-order valence-electron chi connectivity index (χ4n) is 5.06. The van der Waals surface area contributed by atoms with Gasteiger partial charge in [0.2, 0.25) is 5.95 Å². The van der Waals surface area contributed by atoms with E-state index in [-0.39, 0.29) is 14.5 Å². The van der Waals surface area contributed by atoms with E-state index in [0.29, 0.717) is 17.9 Å². The van der Waals surface area contributed by atoms with Crippen molar-refractivity contribution < 1.29 is 21.5 Å². The molecule has 34 heavy (non-hydrogen) atoms. The summed E-state index contributed by atoms with van der Waals surface area (Å²) < 4.78 is 28.4. The average molecular weight is 472 g/mol. The largest absolute Gasteiger partial charge is 0.481 e. The lowest BCUT2D eigenvalue weighted by molar-refractivity contribution is -0.147. The van der Waals surface area contributed by atoms with E-state index in [0.717, 1.165) is 56.1 Å². The molecule has 2 aliphatic rings. The number of hydrogen-bond donors (Lipinski definition) is 2. The van der Waals surface area contributed by atoms with Crippen molar-refractivity contribution in [2.45, 2.75) is 44.6 Å². The molecule has 7 nitrogen and oxygen atoms in total. The Labute approximate surface area is 199 Å². The normalized spacial score (nSPS) is 22.9. The second-order valence-electron chi connectivity index (χ2n) is 9.39. The monoisotopic (exact) mass is 471 g/mol. The molecule has 1 aliphatic carbocycles. The lowest BCUT2D eigenvalue weighted by Gasteiger charge is -2.45. The number of rotatable bonds is 6. The first kappa shape index (κ1) is 22.5. The van der Waals surface area contributed by atoms with Crippen molar-refractivity contribution in [3.8, 4) is 5.69 Å². The minimum atomic E-state index is -0.683. The Hall–Kier alpha value is -3.33. The summed E-state index contributed by atoms with van der Waals surface area (Å²) in [6.07, 6.45) is 5.08. The number of hydrogen-bond acceptors (Lipinski definition) is 5. The van der Waals surface area contributed by atoms with E-state index in [1.54, 1.807) is 0 Å². The van der Waals surface area contributed by atoms with Gasteiger partial charge in [0, 0.05) is 27.2 Å². The van der Waals surface area contributed by atoms with Gasteiger partial charge >= 0.3 is 5.97 Å². The van der Waals surface area contributed by atoms with Crippen LogP contribution in [0.5, 0.6) is 0 Å². The SMILES string of the molecule is Cc1cc(Nc2ncn(-c3cc(F)cc(F)c3)n2)cc(C2CCCN(C3CC(C(=O)O)C3)C2)c1.[HH].[HH]. The van der Waals surface area contributed by atoms with Gasteiger partial charge in [-0.3, -0.25) is 9.69 Å². The standard InChI is InChI=1S/C25H27F2N5O2.2H2/c1-15-5-17(16-3-2-4-31(13-16)22-8-18(9-22)24(33)34)7-21(6-15)29-25-28-14-32(30-25)23-11-19(26)10-20(27)12-23;;/h5-7,10-12,14,16,18,22H,2-4,8-9,13H2,1H3,(H,29,30)(H,33,34);2*1H. The lowest BCUT2D eigenvalue weighted by atomic mass is 9.77. The summed E-state index contributed by atoms with van der Waals surface area (Å²) in [6, 6.07) is 9.88. The Bertz CT molecular complexity index is 1200. The van der Waals surface area contributed by atoms with Gasteiger partial charge in [0.15, 0.2) is 0 Å². The summed E-state index contributed by atoms with van der Waals surface area (Å²) in [5, 5.41) is 16.7. The summed E-state index contributed by atoms with van der Waals surface area (Å²) >= 11 is 0. The van der Waals surface area contributed by atoms with Gasteiger partial charge in [-0.1, -0.05) is 6.07 Å². The summed E-state index contributed by atoms with van der Waals surface area (Å²) in [5.41, 5.74) is 3.45. The summed E-state index contributed by atoms with van der Waals surface area (Å²) in [5.74, 6) is -1.52. The Morgan fingerprint density at radius 1 is 1.15 bits per heavy atom. The van der Waals surface area contributed by atoms with Crippen LogP contribution in [0.25, 0.3) is 5.69 Å². The molecule has 2 N–H and O–H groups in total. The maximum atomic E-state index is 13.5. The maximum Gasteiger partial charge on any atom is 0.306 e. The summed E-state index contributed by atoms with van der Waals surface area (Å²) in [7, 11) is 0. The first-order chi connectivity index (χ1) is 16.3. The average Bonchev–Trinajstić information content (AvgIpc) is 3.20. The van der Waals surface area contributed by atoms with Gasteiger partial charge in [0.05, 0.1) is 11.6 Å². The highest BCUT2D eigenvalue weighted by Gasteiger charge is 2.39. The Balaban J connectivity index is 0.00000180.